The molecule has 0 atom stereocenters. The van der Waals surface area contributed by atoms with E-state index in [9.17, 15) is 9.59 Å². The minimum Gasteiger partial charge on any atom is -0.444 e. The van der Waals surface area contributed by atoms with Gasteiger partial charge in [0.05, 0.1) is 5.54 Å². The number of anilines is 1. The summed E-state index contributed by atoms with van der Waals surface area (Å²) in [5.41, 5.74) is 0.109. The third-order valence-corrected chi connectivity index (χ3v) is 4.76. The molecule has 2 aliphatic heterocycles. The molecule has 2 amide bonds. The van der Waals surface area contributed by atoms with Crippen molar-refractivity contribution in [2.45, 2.75) is 44.8 Å². The fraction of sp³-hybridized carbons (Fsp3) is 0.529. The maximum absolute atomic E-state index is 12.4. The Morgan fingerprint density at radius 3 is 2.39 bits per heavy atom. The molecule has 3 rings (SSSR count). The van der Waals surface area contributed by atoms with Crippen LogP contribution in [0.2, 0.25) is 0 Å². The number of ether oxygens (including phenoxy) is 1. The fourth-order valence-electron chi connectivity index (χ4n) is 3.26. The molecule has 5 nitrogen and oxygen atoms in total. The molecule has 0 N–H and O–H groups in total. The zero-order valence-electron chi connectivity index (χ0n) is 13.6. The van der Waals surface area contributed by atoms with Crippen molar-refractivity contribution in [1.82, 2.24) is 4.90 Å². The molecule has 1 aromatic rings. The standard InChI is InChI=1S/C17H21BrN2O3/c1-16(2,3)23-15(22)19-10-17(11-19)9-8-14(21)20(17)13-6-4-12(18)5-7-13/h4-7H,8-11H2,1-3H3. The molecule has 2 saturated heterocycles. The number of likely N-dealkylation sites (tertiary alicyclic amines) is 1. The SMILES string of the molecule is CC(C)(C)OC(=O)N1CC2(CCC(=O)N2c2ccc(Br)cc2)C1. The second kappa shape index (κ2) is 5.51. The van der Waals surface area contributed by atoms with Crippen molar-refractivity contribution in [3.8, 4) is 0 Å². The minimum absolute atomic E-state index is 0.121. The summed E-state index contributed by atoms with van der Waals surface area (Å²) in [6, 6.07) is 7.73. The predicted molar refractivity (Wildman–Crippen MR) is 91.4 cm³/mol. The molecule has 6 heteroatoms. The molecule has 23 heavy (non-hydrogen) atoms. The van der Waals surface area contributed by atoms with Gasteiger partial charge in [0.2, 0.25) is 5.91 Å². The Hall–Kier alpha value is -1.56. The first-order valence-electron chi connectivity index (χ1n) is 7.77. The molecular weight excluding hydrogens is 360 g/mol. The highest BCUT2D eigenvalue weighted by Crippen LogP contribution is 2.42. The summed E-state index contributed by atoms with van der Waals surface area (Å²) in [5, 5.41) is 0. The highest BCUT2D eigenvalue weighted by atomic mass is 79.9. The number of carbonyl (C=O) groups excluding carboxylic acids is 2. The molecule has 0 aliphatic carbocycles. The number of hydrogen-bond acceptors (Lipinski definition) is 3. The van der Waals surface area contributed by atoms with Crippen molar-refractivity contribution in [3.63, 3.8) is 0 Å². The van der Waals surface area contributed by atoms with Crippen molar-refractivity contribution in [1.29, 1.82) is 0 Å². The molecule has 0 unspecified atom stereocenters. The number of halogens is 1. The first-order chi connectivity index (χ1) is 10.7. The molecule has 0 aromatic heterocycles. The van der Waals surface area contributed by atoms with E-state index >= 15 is 0 Å². The second-order valence-electron chi connectivity index (χ2n) is 7.27. The molecule has 124 valence electrons. The van der Waals surface area contributed by atoms with Crippen LogP contribution in [-0.4, -0.2) is 41.1 Å². The average Bonchev–Trinajstić information content (AvgIpc) is 2.74. The zero-order valence-corrected chi connectivity index (χ0v) is 15.2. The molecular formula is C17H21BrN2O3. The van der Waals surface area contributed by atoms with Crippen molar-refractivity contribution < 1.29 is 14.3 Å². The highest BCUT2D eigenvalue weighted by Gasteiger charge is 2.55. The lowest BCUT2D eigenvalue weighted by Crippen LogP contribution is -2.70. The van der Waals surface area contributed by atoms with Gasteiger partial charge in [0.25, 0.3) is 0 Å². The third-order valence-electron chi connectivity index (χ3n) is 4.23. The van der Waals surface area contributed by atoms with Crippen LogP contribution in [0.1, 0.15) is 33.6 Å². The molecule has 0 saturated carbocycles. The zero-order chi connectivity index (χ0) is 16.8. The van der Waals surface area contributed by atoms with Gasteiger partial charge in [0.1, 0.15) is 5.60 Å². The van der Waals surface area contributed by atoms with Gasteiger partial charge >= 0.3 is 6.09 Å². The van der Waals surface area contributed by atoms with E-state index in [2.05, 4.69) is 15.9 Å². The van der Waals surface area contributed by atoms with Gasteiger partial charge in [-0.3, -0.25) is 4.79 Å². The lowest BCUT2D eigenvalue weighted by molar-refractivity contribution is -0.117. The van der Waals surface area contributed by atoms with Gasteiger partial charge in [0, 0.05) is 29.7 Å². The van der Waals surface area contributed by atoms with Gasteiger partial charge in [-0.05, 0) is 51.5 Å². The Morgan fingerprint density at radius 2 is 1.83 bits per heavy atom. The van der Waals surface area contributed by atoms with E-state index in [0.29, 0.717) is 19.5 Å². The van der Waals surface area contributed by atoms with E-state index in [4.69, 9.17) is 4.74 Å². The van der Waals surface area contributed by atoms with Crippen LogP contribution in [0.15, 0.2) is 28.7 Å². The number of rotatable bonds is 1. The molecule has 1 aromatic carbocycles. The van der Waals surface area contributed by atoms with Crippen LogP contribution in [-0.2, 0) is 9.53 Å². The molecule has 2 heterocycles. The van der Waals surface area contributed by atoms with E-state index in [-0.39, 0.29) is 17.5 Å². The van der Waals surface area contributed by atoms with E-state index in [1.54, 1.807) is 4.90 Å². The summed E-state index contributed by atoms with van der Waals surface area (Å²) in [7, 11) is 0. The summed E-state index contributed by atoms with van der Waals surface area (Å²) in [6.07, 6.45) is 0.998. The summed E-state index contributed by atoms with van der Waals surface area (Å²) in [5.74, 6) is 0.121. The monoisotopic (exact) mass is 380 g/mol. The van der Waals surface area contributed by atoms with Crippen molar-refractivity contribution >= 4 is 33.6 Å². The van der Waals surface area contributed by atoms with Crippen LogP contribution in [0.25, 0.3) is 0 Å². The van der Waals surface area contributed by atoms with Crippen LogP contribution in [0.3, 0.4) is 0 Å². The van der Waals surface area contributed by atoms with Gasteiger partial charge < -0.3 is 14.5 Å². The van der Waals surface area contributed by atoms with Gasteiger partial charge in [-0.2, -0.15) is 0 Å². The Labute approximate surface area is 144 Å². The van der Waals surface area contributed by atoms with E-state index in [0.717, 1.165) is 16.6 Å². The van der Waals surface area contributed by atoms with Crippen LogP contribution in [0.5, 0.6) is 0 Å². The molecule has 1 spiro atoms. The van der Waals surface area contributed by atoms with E-state index < -0.39 is 5.60 Å². The average molecular weight is 381 g/mol. The number of carbonyl (C=O) groups is 2. The number of hydrogen-bond donors (Lipinski definition) is 0. The fourth-order valence-corrected chi connectivity index (χ4v) is 3.52. The predicted octanol–water partition coefficient (Wildman–Crippen LogP) is 3.57. The lowest BCUT2D eigenvalue weighted by atomic mass is 9.87. The Bertz CT molecular complexity index is 630. The highest BCUT2D eigenvalue weighted by molar-refractivity contribution is 9.10. The molecule has 2 aliphatic rings. The third kappa shape index (κ3) is 3.09. The maximum Gasteiger partial charge on any atom is 0.410 e. The van der Waals surface area contributed by atoms with Crippen LogP contribution >= 0.6 is 15.9 Å². The second-order valence-corrected chi connectivity index (χ2v) is 8.18. The lowest BCUT2D eigenvalue weighted by Gasteiger charge is -2.52. The van der Waals surface area contributed by atoms with E-state index in [1.165, 1.54) is 0 Å². The Kier molecular flexibility index (Phi) is 3.91. The normalized spacial score (nSPS) is 19.9. The maximum atomic E-state index is 12.4. The summed E-state index contributed by atoms with van der Waals surface area (Å²) < 4.78 is 6.38. The Morgan fingerprint density at radius 1 is 1.22 bits per heavy atom. The molecule has 0 bridgehead atoms. The minimum atomic E-state index is -0.503. The first-order valence-corrected chi connectivity index (χ1v) is 8.56. The molecule has 2 fully saturated rings. The van der Waals surface area contributed by atoms with Gasteiger partial charge in [0.15, 0.2) is 0 Å². The van der Waals surface area contributed by atoms with E-state index in [1.807, 2.05) is 49.9 Å². The smallest absolute Gasteiger partial charge is 0.410 e. The van der Waals surface area contributed by atoms with Gasteiger partial charge in [-0.15, -0.1) is 0 Å². The number of amides is 2. The quantitative estimate of drug-likeness (QED) is 0.748. The van der Waals surface area contributed by atoms with Crippen molar-refractivity contribution in [2.24, 2.45) is 0 Å². The Balaban J connectivity index is 1.74. The van der Waals surface area contributed by atoms with Crippen LogP contribution in [0.4, 0.5) is 10.5 Å². The summed E-state index contributed by atoms with van der Waals surface area (Å²) >= 11 is 3.41. The van der Waals surface area contributed by atoms with Crippen molar-refractivity contribution in [3.05, 3.63) is 28.7 Å². The summed E-state index contributed by atoms with van der Waals surface area (Å²) in [4.78, 5) is 28.0. The number of benzene rings is 1. The molecule has 0 radical (unpaired) electrons. The number of nitrogens with zero attached hydrogens (tertiary/aromatic N) is 2. The first kappa shape index (κ1) is 16.3. The largest absolute Gasteiger partial charge is 0.444 e. The van der Waals surface area contributed by atoms with Gasteiger partial charge in [-0.1, -0.05) is 15.9 Å². The van der Waals surface area contributed by atoms with Crippen LogP contribution in [0, 0.1) is 0 Å². The summed E-state index contributed by atoms with van der Waals surface area (Å²) in [6.45, 7) is 6.63. The van der Waals surface area contributed by atoms with Crippen molar-refractivity contribution in [2.75, 3.05) is 18.0 Å². The van der Waals surface area contributed by atoms with Crippen LogP contribution < -0.4 is 4.90 Å². The van der Waals surface area contributed by atoms with Gasteiger partial charge in [-0.25, -0.2) is 4.79 Å². The topological polar surface area (TPSA) is 49.9 Å².